The summed E-state index contributed by atoms with van der Waals surface area (Å²) in [6.07, 6.45) is 9.45. The first-order valence-electron chi connectivity index (χ1n) is 10.7. The van der Waals surface area contributed by atoms with Crippen molar-refractivity contribution in [2.45, 2.75) is 13.0 Å². The van der Waals surface area contributed by atoms with Gasteiger partial charge in [0.15, 0.2) is 11.6 Å². The monoisotopic (exact) mass is 425 g/mol. The number of nitrogens with zero attached hydrogens (tertiary/aromatic N) is 6. The summed E-state index contributed by atoms with van der Waals surface area (Å²) >= 11 is 0. The van der Waals surface area contributed by atoms with Gasteiger partial charge in [0.2, 0.25) is 0 Å². The highest BCUT2D eigenvalue weighted by Crippen LogP contribution is 2.37. The van der Waals surface area contributed by atoms with Gasteiger partial charge in [-0.2, -0.15) is 0 Å². The number of pyridine rings is 2. The van der Waals surface area contributed by atoms with Gasteiger partial charge in [0.25, 0.3) is 0 Å². The van der Waals surface area contributed by atoms with Crippen molar-refractivity contribution in [1.29, 1.82) is 0 Å². The molecule has 1 aliphatic heterocycles. The molecule has 0 amide bonds. The molecular formula is C24H23N7O. The van der Waals surface area contributed by atoms with Crippen LogP contribution in [0.25, 0.3) is 44.6 Å². The van der Waals surface area contributed by atoms with Gasteiger partial charge in [0, 0.05) is 61.1 Å². The number of ether oxygens (including phenoxy) is 1. The van der Waals surface area contributed by atoms with Crippen LogP contribution in [0.5, 0.6) is 0 Å². The molecule has 1 N–H and O–H groups in total. The van der Waals surface area contributed by atoms with Crippen LogP contribution in [0.2, 0.25) is 0 Å². The topological polar surface area (TPSA) is 84.8 Å². The molecule has 0 aromatic carbocycles. The van der Waals surface area contributed by atoms with Crippen LogP contribution >= 0.6 is 0 Å². The number of morpholine rings is 1. The molecule has 8 heteroatoms. The predicted molar refractivity (Wildman–Crippen MR) is 124 cm³/mol. The third-order valence-electron chi connectivity index (χ3n) is 6.13. The van der Waals surface area contributed by atoms with Gasteiger partial charge in [0.1, 0.15) is 16.7 Å². The molecule has 6 heterocycles. The van der Waals surface area contributed by atoms with Crippen molar-refractivity contribution in [2.24, 2.45) is 7.05 Å². The number of hydrogen-bond donors (Lipinski definition) is 1. The summed E-state index contributed by atoms with van der Waals surface area (Å²) < 4.78 is 7.83. The maximum Gasteiger partial charge on any atom is 0.163 e. The Balaban J connectivity index is 1.66. The van der Waals surface area contributed by atoms with Crippen molar-refractivity contribution in [1.82, 2.24) is 29.5 Å². The van der Waals surface area contributed by atoms with Crippen LogP contribution < -0.4 is 4.90 Å². The van der Waals surface area contributed by atoms with E-state index in [1.54, 1.807) is 6.20 Å². The van der Waals surface area contributed by atoms with Crippen molar-refractivity contribution in [3.05, 3.63) is 55.2 Å². The second kappa shape index (κ2) is 7.42. The molecule has 1 atom stereocenters. The van der Waals surface area contributed by atoms with E-state index in [4.69, 9.17) is 14.7 Å². The summed E-state index contributed by atoms with van der Waals surface area (Å²) in [6, 6.07) is 8.27. The molecule has 6 rings (SSSR count). The minimum Gasteiger partial charge on any atom is -0.377 e. The second-order valence-electron chi connectivity index (χ2n) is 8.17. The Morgan fingerprint density at radius 2 is 1.94 bits per heavy atom. The lowest BCUT2D eigenvalue weighted by Gasteiger charge is -2.34. The van der Waals surface area contributed by atoms with Gasteiger partial charge in [-0.3, -0.25) is 4.98 Å². The highest BCUT2D eigenvalue weighted by atomic mass is 16.5. The van der Waals surface area contributed by atoms with Crippen molar-refractivity contribution in [3.8, 4) is 22.5 Å². The predicted octanol–water partition coefficient (Wildman–Crippen LogP) is 3.80. The van der Waals surface area contributed by atoms with Gasteiger partial charge < -0.3 is 19.2 Å². The van der Waals surface area contributed by atoms with E-state index in [-0.39, 0.29) is 6.04 Å². The number of aromatic nitrogens is 6. The Bertz CT molecular complexity index is 1420. The van der Waals surface area contributed by atoms with Crippen molar-refractivity contribution in [2.75, 3.05) is 24.7 Å². The Morgan fingerprint density at radius 3 is 2.78 bits per heavy atom. The molecule has 1 fully saturated rings. The third kappa shape index (κ3) is 2.95. The normalized spacial score (nSPS) is 16.8. The lowest BCUT2D eigenvalue weighted by Crippen LogP contribution is -2.44. The lowest BCUT2D eigenvalue weighted by molar-refractivity contribution is 0.0986. The number of anilines is 1. The average molecular weight is 425 g/mol. The molecule has 0 saturated carbocycles. The molecule has 0 bridgehead atoms. The molecule has 0 spiro atoms. The molecule has 160 valence electrons. The van der Waals surface area contributed by atoms with Crippen LogP contribution in [-0.2, 0) is 11.8 Å². The van der Waals surface area contributed by atoms with Crippen LogP contribution in [0.3, 0.4) is 0 Å². The number of rotatable bonds is 3. The molecule has 1 aliphatic rings. The van der Waals surface area contributed by atoms with Gasteiger partial charge in [-0.15, -0.1) is 0 Å². The number of aryl methyl sites for hydroxylation is 1. The smallest absolute Gasteiger partial charge is 0.163 e. The fourth-order valence-corrected chi connectivity index (χ4v) is 4.54. The van der Waals surface area contributed by atoms with Crippen LogP contribution in [0.15, 0.2) is 55.2 Å². The van der Waals surface area contributed by atoms with E-state index in [2.05, 4.69) is 44.6 Å². The van der Waals surface area contributed by atoms with E-state index < -0.39 is 0 Å². The standard InChI is InChI=1S/C24H23N7O/c1-15-14-32-12-11-31(15)24-21-20(19(13-30(21)2)16-3-7-25-8-4-16)28-23(29-24)18-6-10-27-22-17(18)5-9-26-22/h3-10,13,15H,11-12,14H2,1-2H3,(H,26,27)/t15-/m1/s1. The molecular weight excluding hydrogens is 402 g/mol. The molecule has 5 aromatic rings. The second-order valence-corrected chi connectivity index (χ2v) is 8.17. The van der Waals surface area contributed by atoms with Crippen LogP contribution in [0, 0.1) is 0 Å². The van der Waals surface area contributed by atoms with E-state index >= 15 is 0 Å². The van der Waals surface area contributed by atoms with Gasteiger partial charge in [-0.05, 0) is 36.8 Å². The van der Waals surface area contributed by atoms with E-state index in [1.807, 2.05) is 42.9 Å². The van der Waals surface area contributed by atoms with Crippen molar-refractivity contribution >= 4 is 27.9 Å². The molecule has 0 radical (unpaired) electrons. The number of H-pyrrole nitrogens is 1. The van der Waals surface area contributed by atoms with Gasteiger partial charge >= 0.3 is 0 Å². The van der Waals surface area contributed by atoms with E-state index in [9.17, 15) is 0 Å². The first-order chi connectivity index (χ1) is 15.7. The number of aromatic amines is 1. The zero-order valence-corrected chi connectivity index (χ0v) is 18.0. The zero-order valence-electron chi connectivity index (χ0n) is 18.0. The lowest BCUT2D eigenvalue weighted by atomic mass is 10.1. The van der Waals surface area contributed by atoms with Crippen molar-refractivity contribution < 1.29 is 4.74 Å². The SMILES string of the molecule is C[C@@H]1COCCN1c1nc(-c2ccnc3[nH]ccc23)nc2c(-c3ccncc3)cn(C)c12. The quantitative estimate of drug-likeness (QED) is 0.473. The number of hydrogen-bond acceptors (Lipinski definition) is 6. The first kappa shape index (κ1) is 18.9. The highest BCUT2D eigenvalue weighted by Gasteiger charge is 2.26. The summed E-state index contributed by atoms with van der Waals surface area (Å²) in [5.74, 6) is 1.63. The van der Waals surface area contributed by atoms with Gasteiger partial charge in [-0.1, -0.05) is 0 Å². The molecule has 0 aliphatic carbocycles. The summed E-state index contributed by atoms with van der Waals surface area (Å²) in [6.45, 7) is 4.33. The van der Waals surface area contributed by atoms with Crippen LogP contribution in [0.4, 0.5) is 5.82 Å². The maximum atomic E-state index is 5.70. The Morgan fingerprint density at radius 1 is 1.06 bits per heavy atom. The largest absolute Gasteiger partial charge is 0.377 e. The fraction of sp³-hybridized carbons (Fsp3) is 0.250. The summed E-state index contributed by atoms with van der Waals surface area (Å²) in [5.41, 5.74) is 5.89. The minimum atomic E-state index is 0.221. The minimum absolute atomic E-state index is 0.221. The number of nitrogens with one attached hydrogen (secondary N) is 1. The Hall–Kier alpha value is -3.78. The third-order valence-corrected chi connectivity index (χ3v) is 6.13. The average Bonchev–Trinajstić information content (AvgIpc) is 3.44. The van der Waals surface area contributed by atoms with Crippen LogP contribution in [0.1, 0.15) is 6.92 Å². The van der Waals surface area contributed by atoms with E-state index in [0.717, 1.165) is 51.1 Å². The van der Waals surface area contributed by atoms with Gasteiger partial charge in [-0.25, -0.2) is 15.0 Å². The Kier molecular flexibility index (Phi) is 4.39. The Labute approximate surface area is 184 Å². The van der Waals surface area contributed by atoms with Crippen molar-refractivity contribution in [3.63, 3.8) is 0 Å². The molecule has 32 heavy (non-hydrogen) atoms. The molecule has 8 nitrogen and oxygen atoms in total. The summed E-state index contributed by atoms with van der Waals surface area (Å²) in [7, 11) is 2.06. The highest BCUT2D eigenvalue weighted by molar-refractivity contribution is 6.01. The fourth-order valence-electron chi connectivity index (χ4n) is 4.54. The maximum absolute atomic E-state index is 5.70. The van der Waals surface area contributed by atoms with E-state index in [0.29, 0.717) is 19.0 Å². The summed E-state index contributed by atoms with van der Waals surface area (Å²) in [5, 5.41) is 1.01. The summed E-state index contributed by atoms with van der Waals surface area (Å²) in [4.78, 5) is 24.4. The molecule has 0 unspecified atom stereocenters. The van der Waals surface area contributed by atoms with Gasteiger partial charge in [0.05, 0.1) is 19.3 Å². The first-order valence-corrected chi connectivity index (χ1v) is 10.7. The molecule has 1 saturated heterocycles. The van der Waals surface area contributed by atoms with E-state index in [1.165, 1.54) is 0 Å². The van der Waals surface area contributed by atoms with Crippen LogP contribution in [-0.4, -0.2) is 55.3 Å². The molecule has 5 aromatic heterocycles. The zero-order chi connectivity index (χ0) is 21.7. The number of fused-ring (bicyclic) bond motifs is 2.